The predicted octanol–water partition coefficient (Wildman–Crippen LogP) is 4.57. The van der Waals surface area contributed by atoms with Crippen LogP contribution in [0.1, 0.15) is 79.4 Å². The van der Waals surface area contributed by atoms with E-state index in [0.717, 1.165) is 43.2 Å². The molecule has 0 aromatic heterocycles. The van der Waals surface area contributed by atoms with Crippen molar-refractivity contribution < 1.29 is 29.0 Å². The molecule has 266 valence electrons. The summed E-state index contributed by atoms with van der Waals surface area (Å²) in [6.07, 6.45) is 6.17. The molecule has 0 saturated heterocycles. The number of ether oxygens (including phenoxy) is 1. The maximum atomic E-state index is 14.1. The van der Waals surface area contributed by atoms with Gasteiger partial charge in [0.15, 0.2) is 5.78 Å². The molecule has 4 atom stereocenters. The number of aryl methyl sites for hydroxylation is 1. The van der Waals surface area contributed by atoms with Crippen LogP contribution in [0.2, 0.25) is 0 Å². The number of likely N-dealkylation sites (N-methyl/N-ethyl adjacent to an activating group) is 1. The predicted molar refractivity (Wildman–Crippen MR) is 192 cm³/mol. The Morgan fingerprint density at radius 1 is 0.880 bits per heavy atom. The van der Waals surface area contributed by atoms with E-state index in [1.807, 2.05) is 31.2 Å². The van der Waals surface area contributed by atoms with Gasteiger partial charge in [-0.3, -0.25) is 19.2 Å². The average Bonchev–Trinajstić information content (AvgIpc) is 3.13. The molecule has 2 aliphatic rings. The molecular formula is C40H50N4O6. The Morgan fingerprint density at radius 3 is 2.30 bits per heavy atom. The molecule has 4 N–H and O–H groups in total. The monoisotopic (exact) mass is 682 g/mol. The average molecular weight is 683 g/mol. The van der Waals surface area contributed by atoms with Crippen LogP contribution in [0.15, 0.2) is 72.8 Å². The molecule has 1 unspecified atom stereocenters. The fourth-order valence-electron chi connectivity index (χ4n) is 6.82. The van der Waals surface area contributed by atoms with E-state index in [2.05, 4.69) is 16.0 Å². The summed E-state index contributed by atoms with van der Waals surface area (Å²) in [5.74, 6) is -0.255. The first-order valence-electron chi connectivity index (χ1n) is 17.9. The second kappa shape index (κ2) is 17.3. The van der Waals surface area contributed by atoms with Crippen LogP contribution < -0.4 is 20.7 Å². The number of hydrogen-bond donors (Lipinski definition) is 4. The molecule has 0 bridgehead atoms. The highest BCUT2D eigenvalue weighted by Crippen LogP contribution is 2.29. The Kier molecular flexibility index (Phi) is 12.7. The van der Waals surface area contributed by atoms with Crippen molar-refractivity contribution >= 4 is 23.5 Å². The van der Waals surface area contributed by atoms with Gasteiger partial charge in [0.25, 0.3) is 0 Å². The molecule has 1 heterocycles. The van der Waals surface area contributed by atoms with Crippen LogP contribution in [-0.4, -0.2) is 77.9 Å². The normalized spacial score (nSPS) is 23.4. The van der Waals surface area contributed by atoms with Gasteiger partial charge < -0.3 is 30.7 Å². The maximum Gasteiger partial charge on any atom is 0.243 e. The van der Waals surface area contributed by atoms with Crippen molar-refractivity contribution in [3.63, 3.8) is 0 Å². The van der Waals surface area contributed by atoms with E-state index in [-0.39, 0.29) is 41.8 Å². The number of nitrogens with one attached hydrogen (secondary N) is 3. The highest BCUT2D eigenvalue weighted by molar-refractivity contribution is 6.09. The zero-order chi connectivity index (χ0) is 35.6. The summed E-state index contributed by atoms with van der Waals surface area (Å²) in [6.45, 7) is 4.36. The van der Waals surface area contributed by atoms with Crippen LogP contribution in [0.4, 0.5) is 0 Å². The molecule has 1 fully saturated rings. The van der Waals surface area contributed by atoms with Gasteiger partial charge in [0, 0.05) is 43.8 Å². The number of fused-ring (bicyclic) bond motifs is 1. The number of carbonyl (C=O) groups is 4. The van der Waals surface area contributed by atoms with Crippen molar-refractivity contribution in [2.45, 2.75) is 89.4 Å². The van der Waals surface area contributed by atoms with Gasteiger partial charge in [-0.25, -0.2) is 0 Å². The van der Waals surface area contributed by atoms with Crippen molar-refractivity contribution in [1.29, 1.82) is 0 Å². The van der Waals surface area contributed by atoms with Crippen LogP contribution in [0.5, 0.6) is 11.5 Å². The second-order valence-electron chi connectivity index (χ2n) is 13.7. The zero-order valence-electron chi connectivity index (χ0n) is 29.3. The summed E-state index contributed by atoms with van der Waals surface area (Å²) in [4.78, 5) is 55.8. The fraction of sp³-hybridized carbons (Fsp3) is 0.450. The van der Waals surface area contributed by atoms with E-state index in [0.29, 0.717) is 42.8 Å². The van der Waals surface area contributed by atoms with Crippen LogP contribution in [0, 0.1) is 5.92 Å². The number of amides is 3. The lowest BCUT2D eigenvalue weighted by Gasteiger charge is -2.35. The molecule has 3 amide bonds. The molecule has 50 heavy (non-hydrogen) atoms. The number of benzene rings is 3. The first-order valence-corrected chi connectivity index (χ1v) is 17.9. The largest absolute Gasteiger partial charge is 0.508 e. The number of ketones is 1. The fourth-order valence-corrected chi connectivity index (χ4v) is 6.82. The molecule has 0 spiro atoms. The number of carbonyl (C=O) groups excluding carboxylic acids is 4. The highest BCUT2D eigenvalue weighted by atomic mass is 16.5. The summed E-state index contributed by atoms with van der Waals surface area (Å²) >= 11 is 0. The minimum Gasteiger partial charge on any atom is -0.508 e. The Balaban J connectivity index is 1.38. The van der Waals surface area contributed by atoms with Crippen LogP contribution in [0.25, 0.3) is 0 Å². The minimum atomic E-state index is -0.913. The number of phenols is 1. The lowest BCUT2D eigenvalue weighted by atomic mass is 9.83. The molecule has 1 aliphatic carbocycles. The molecule has 1 aliphatic heterocycles. The van der Waals surface area contributed by atoms with E-state index in [9.17, 15) is 24.3 Å². The highest BCUT2D eigenvalue weighted by Gasteiger charge is 2.35. The van der Waals surface area contributed by atoms with Gasteiger partial charge in [0.05, 0.1) is 6.04 Å². The van der Waals surface area contributed by atoms with Crippen LogP contribution >= 0.6 is 0 Å². The van der Waals surface area contributed by atoms with Gasteiger partial charge in [-0.1, -0.05) is 79.9 Å². The topological polar surface area (TPSA) is 137 Å². The van der Waals surface area contributed by atoms with Crippen molar-refractivity contribution in [3.05, 3.63) is 95.1 Å². The lowest BCUT2D eigenvalue weighted by molar-refractivity contribution is -0.142. The van der Waals surface area contributed by atoms with Crippen LogP contribution in [0.3, 0.4) is 0 Å². The quantitative estimate of drug-likeness (QED) is 0.290. The smallest absolute Gasteiger partial charge is 0.243 e. The number of aromatic hydroxyl groups is 1. The third kappa shape index (κ3) is 9.50. The van der Waals surface area contributed by atoms with E-state index >= 15 is 0 Å². The van der Waals surface area contributed by atoms with Crippen molar-refractivity contribution in [2.24, 2.45) is 5.92 Å². The van der Waals surface area contributed by atoms with E-state index in [1.165, 1.54) is 4.90 Å². The summed E-state index contributed by atoms with van der Waals surface area (Å²) < 4.78 is 6.29. The van der Waals surface area contributed by atoms with Gasteiger partial charge in [-0.05, 0) is 62.6 Å². The number of phenolic OH excluding ortho intramolecular Hbond substituents is 1. The summed E-state index contributed by atoms with van der Waals surface area (Å²) in [5, 5.41) is 19.6. The summed E-state index contributed by atoms with van der Waals surface area (Å²) in [5.41, 5.74) is 2.79. The summed E-state index contributed by atoms with van der Waals surface area (Å²) in [7, 11) is 1.64. The third-order valence-electron chi connectivity index (χ3n) is 9.95. The van der Waals surface area contributed by atoms with Gasteiger partial charge in [0.1, 0.15) is 29.7 Å². The first-order chi connectivity index (χ1) is 24.1. The van der Waals surface area contributed by atoms with E-state index in [1.54, 1.807) is 62.5 Å². The Labute approximate surface area is 295 Å². The molecule has 3 aromatic rings. The van der Waals surface area contributed by atoms with Gasteiger partial charge in [-0.15, -0.1) is 0 Å². The van der Waals surface area contributed by atoms with Crippen LogP contribution in [-0.2, 0) is 27.2 Å². The number of nitrogens with zero attached hydrogens (tertiary/aromatic N) is 1. The molecular weight excluding hydrogens is 632 g/mol. The van der Waals surface area contributed by atoms with Crippen molar-refractivity contribution in [2.75, 3.05) is 20.1 Å². The summed E-state index contributed by atoms with van der Waals surface area (Å²) in [6, 6.07) is 18.9. The molecule has 10 nitrogen and oxygen atoms in total. The van der Waals surface area contributed by atoms with Gasteiger partial charge >= 0.3 is 0 Å². The van der Waals surface area contributed by atoms with Gasteiger partial charge in [-0.2, -0.15) is 0 Å². The third-order valence-corrected chi connectivity index (χ3v) is 9.95. The maximum absolute atomic E-state index is 14.1. The Bertz CT molecular complexity index is 1620. The minimum absolute atomic E-state index is 0.0984. The standard InChI is InChI=1S/C40H50N4O6/c1-26-25-42-36(30-11-6-4-7-12-30)40(49)44(3)27(2)38(47)43-34(39(48)41-22-10-15-29-20-21-33(45)24-35(29)50-26)23-28-16-18-32(19-17-28)37(46)31-13-8-5-9-14-31/h5,8-9,13-14,16-21,24,26-27,30,34,36,42,45H,4,6-7,10-12,15,22-23,25H2,1-3H3,(H,41,48)(H,43,47)/t26-,27-,34-,36?/m1/s1. The van der Waals surface area contributed by atoms with E-state index in [4.69, 9.17) is 4.74 Å². The van der Waals surface area contributed by atoms with Crippen molar-refractivity contribution in [1.82, 2.24) is 20.9 Å². The molecule has 5 rings (SSSR count). The first kappa shape index (κ1) is 36.6. The number of hydrogen-bond acceptors (Lipinski definition) is 7. The molecule has 3 aromatic carbocycles. The zero-order valence-corrected chi connectivity index (χ0v) is 29.3. The van der Waals surface area contributed by atoms with Crippen molar-refractivity contribution in [3.8, 4) is 11.5 Å². The number of rotatable bonds is 5. The molecule has 10 heteroatoms. The molecule has 1 saturated carbocycles. The SMILES string of the molecule is C[C@@H]1CNC(C2CCCCC2)C(=O)N(C)[C@H](C)C(=O)N[C@H](Cc2ccc(C(=O)c3ccccc3)cc2)C(=O)NCCCc2ccc(O)cc2O1. The second-order valence-corrected chi connectivity index (χ2v) is 13.7. The Morgan fingerprint density at radius 2 is 1.58 bits per heavy atom. The van der Waals surface area contributed by atoms with Gasteiger partial charge in [0.2, 0.25) is 17.7 Å². The Hall–Kier alpha value is -4.70. The molecule has 0 radical (unpaired) electrons. The van der Waals surface area contributed by atoms with E-state index < -0.39 is 24.0 Å². The lowest BCUT2D eigenvalue weighted by Crippen LogP contribution is -2.58.